The molecule has 0 unspecified atom stereocenters. The maximum absolute atomic E-state index is 5.49. The normalized spacial score (nSPS) is 26.1. The largest absolute Gasteiger partial charge is 0.359 e. The fourth-order valence-electron chi connectivity index (χ4n) is 2.98. The summed E-state index contributed by atoms with van der Waals surface area (Å²) in [5.41, 5.74) is 3.59. The Morgan fingerprint density at radius 2 is 1.95 bits per heavy atom. The van der Waals surface area contributed by atoms with Crippen molar-refractivity contribution in [2.75, 3.05) is 5.32 Å². The first-order chi connectivity index (χ1) is 9.47. The van der Waals surface area contributed by atoms with Crippen LogP contribution in [0, 0.1) is 25.7 Å². The minimum atomic E-state index is 0.504. The average Bonchev–Trinajstić information content (AvgIpc) is 2.39. The number of benzene rings is 1. The second kappa shape index (κ2) is 6.57. The summed E-state index contributed by atoms with van der Waals surface area (Å²) in [6.45, 7) is 8.89. The molecule has 2 rings (SSSR count). The highest BCUT2D eigenvalue weighted by molar-refractivity contribution is 7.80. The minimum Gasteiger partial charge on any atom is -0.359 e. The van der Waals surface area contributed by atoms with Crippen LogP contribution >= 0.6 is 12.2 Å². The molecule has 1 fully saturated rings. The maximum Gasteiger partial charge on any atom is 0.171 e. The quantitative estimate of drug-likeness (QED) is 0.789. The standard InChI is InChI=1S/C17H26N2S/c1-11-8-9-13(3)16(10-11)19-17(20)18-15-7-5-6-12(2)14(15)4/h8-10,12,14-15H,5-7H2,1-4H3,(H2,18,19,20)/t12-,14+,15-/m1/s1. The molecule has 1 aromatic carbocycles. The Hall–Kier alpha value is -1.09. The van der Waals surface area contributed by atoms with E-state index >= 15 is 0 Å². The van der Waals surface area contributed by atoms with Crippen molar-refractivity contribution < 1.29 is 0 Å². The molecule has 2 nitrogen and oxygen atoms in total. The summed E-state index contributed by atoms with van der Waals surface area (Å²) in [6.07, 6.45) is 3.87. The van der Waals surface area contributed by atoms with Crippen LogP contribution in [0.4, 0.5) is 5.69 Å². The molecule has 0 aliphatic heterocycles. The van der Waals surface area contributed by atoms with Gasteiger partial charge in [0.25, 0.3) is 0 Å². The first-order valence-electron chi connectivity index (χ1n) is 7.62. The van der Waals surface area contributed by atoms with Crippen LogP contribution in [0.2, 0.25) is 0 Å². The van der Waals surface area contributed by atoms with E-state index in [1.807, 2.05) is 0 Å². The monoisotopic (exact) mass is 290 g/mol. The van der Waals surface area contributed by atoms with Gasteiger partial charge in [-0.1, -0.05) is 38.8 Å². The van der Waals surface area contributed by atoms with Gasteiger partial charge in [0.2, 0.25) is 0 Å². The molecule has 20 heavy (non-hydrogen) atoms. The van der Waals surface area contributed by atoms with Gasteiger partial charge < -0.3 is 10.6 Å². The van der Waals surface area contributed by atoms with E-state index in [0.29, 0.717) is 12.0 Å². The van der Waals surface area contributed by atoms with Crippen molar-refractivity contribution in [2.24, 2.45) is 11.8 Å². The number of nitrogens with one attached hydrogen (secondary N) is 2. The number of hydrogen-bond donors (Lipinski definition) is 2. The van der Waals surface area contributed by atoms with Crippen molar-refractivity contribution in [2.45, 2.75) is 53.0 Å². The topological polar surface area (TPSA) is 24.1 Å². The molecule has 1 saturated carbocycles. The van der Waals surface area contributed by atoms with Crippen molar-refractivity contribution in [1.82, 2.24) is 5.32 Å². The van der Waals surface area contributed by atoms with Gasteiger partial charge in [0.05, 0.1) is 0 Å². The Kier molecular flexibility index (Phi) is 5.03. The molecular weight excluding hydrogens is 264 g/mol. The van der Waals surface area contributed by atoms with Crippen molar-refractivity contribution in [1.29, 1.82) is 0 Å². The summed E-state index contributed by atoms with van der Waals surface area (Å²) in [5, 5.41) is 7.62. The molecule has 0 bridgehead atoms. The highest BCUT2D eigenvalue weighted by Gasteiger charge is 2.27. The van der Waals surface area contributed by atoms with E-state index < -0.39 is 0 Å². The van der Waals surface area contributed by atoms with Gasteiger partial charge in [-0.15, -0.1) is 0 Å². The summed E-state index contributed by atoms with van der Waals surface area (Å²) >= 11 is 5.49. The zero-order chi connectivity index (χ0) is 14.7. The Balaban J connectivity index is 1.97. The molecular formula is C17H26N2S. The molecule has 0 amide bonds. The van der Waals surface area contributed by atoms with E-state index in [1.54, 1.807) is 0 Å². The molecule has 0 spiro atoms. The molecule has 3 heteroatoms. The zero-order valence-electron chi connectivity index (χ0n) is 13.0. The third kappa shape index (κ3) is 3.72. The summed E-state index contributed by atoms with van der Waals surface area (Å²) < 4.78 is 0. The van der Waals surface area contributed by atoms with Gasteiger partial charge in [0.1, 0.15) is 0 Å². The molecule has 1 aliphatic carbocycles. The van der Waals surface area contributed by atoms with Gasteiger partial charge in [-0.3, -0.25) is 0 Å². The van der Waals surface area contributed by atoms with E-state index in [-0.39, 0.29) is 0 Å². The lowest BCUT2D eigenvalue weighted by atomic mass is 9.78. The molecule has 2 N–H and O–H groups in total. The smallest absolute Gasteiger partial charge is 0.171 e. The van der Waals surface area contributed by atoms with Crippen molar-refractivity contribution in [3.63, 3.8) is 0 Å². The third-order valence-electron chi connectivity index (χ3n) is 4.66. The second-order valence-electron chi connectivity index (χ2n) is 6.29. The predicted octanol–water partition coefficient (Wildman–Crippen LogP) is 4.41. The summed E-state index contributed by atoms with van der Waals surface area (Å²) in [6, 6.07) is 6.91. The van der Waals surface area contributed by atoms with Crippen LogP contribution in [0.5, 0.6) is 0 Å². The highest BCUT2D eigenvalue weighted by Crippen LogP contribution is 2.29. The van der Waals surface area contributed by atoms with Crippen LogP contribution in [-0.2, 0) is 0 Å². The van der Waals surface area contributed by atoms with Crippen LogP contribution in [0.25, 0.3) is 0 Å². The summed E-state index contributed by atoms with van der Waals surface area (Å²) in [4.78, 5) is 0. The maximum atomic E-state index is 5.49. The van der Waals surface area contributed by atoms with Crippen LogP contribution in [0.1, 0.15) is 44.2 Å². The van der Waals surface area contributed by atoms with Crippen molar-refractivity contribution in [3.05, 3.63) is 29.3 Å². The van der Waals surface area contributed by atoms with E-state index in [9.17, 15) is 0 Å². The van der Waals surface area contributed by atoms with E-state index in [1.165, 1.54) is 30.4 Å². The number of aryl methyl sites for hydroxylation is 2. The van der Waals surface area contributed by atoms with Gasteiger partial charge in [-0.05, 0) is 61.5 Å². The Labute approximate surface area is 128 Å². The van der Waals surface area contributed by atoms with Gasteiger partial charge >= 0.3 is 0 Å². The molecule has 110 valence electrons. The molecule has 1 aromatic rings. The molecule has 3 atom stereocenters. The first-order valence-corrected chi connectivity index (χ1v) is 8.03. The van der Waals surface area contributed by atoms with Gasteiger partial charge in [-0.2, -0.15) is 0 Å². The number of anilines is 1. The average molecular weight is 290 g/mol. The molecule has 1 aliphatic rings. The van der Waals surface area contributed by atoms with E-state index in [2.05, 4.69) is 56.5 Å². The molecule has 0 heterocycles. The van der Waals surface area contributed by atoms with Crippen molar-refractivity contribution in [3.8, 4) is 0 Å². The van der Waals surface area contributed by atoms with E-state index in [0.717, 1.165) is 16.7 Å². The molecule has 0 saturated heterocycles. The van der Waals surface area contributed by atoms with Crippen LogP contribution in [0.15, 0.2) is 18.2 Å². The lowest BCUT2D eigenvalue weighted by molar-refractivity contribution is 0.225. The first kappa shape index (κ1) is 15.3. The third-order valence-corrected chi connectivity index (χ3v) is 4.88. The number of hydrogen-bond acceptors (Lipinski definition) is 1. The fraction of sp³-hybridized carbons (Fsp3) is 0.588. The Bertz CT molecular complexity index is 484. The predicted molar refractivity (Wildman–Crippen MR) is 91.2 cm³/mol. The highest BCUT2D eigenvalue weighted by atomic mass is 32.1. The van der Waals surface area contributed by atoms with Gasteiger partial charge in [-0.25, -0.2) is 0 Å². The van der Waals surface area contributed by atoms with E-state index in [4.69, 9.17) is 12.2 Å². The lowest BCUT2D eigenvalue weighted by Crippen LogP contribution is -2.45. The zero-order valence-corrected chi connectivity index (χ0v) is 13.8. The SMILES string of the molecule is Cc1ccc(C)c(NC(=S)N[C@@H]2CCC[C@@H](C)[C@@H]2C)c1. The molecule has 0 radical (unpaired) electrons. The van der Waals surface area contributed by atoms with Crippen LogP contribution in [0.3, 0.4) is 0 Å². The Morgan fingerprint density at radius 3 is 2.70 bits per heavy atom. The number of thiocarbonyl (C=S) groups is 1. The fourth-order valence-corrected chi connectivity index (χ4v) is 3.24. The van der Waals surface area contributed by atoms with Gasteiger partial charge in [0.15, 0.2) is 5.11 Å². The molecule has 0 aromatic heterocycles. The second-order valence-corrected chi connectivity index (χ2v) is 6.70. The van der Waals surface area contributed by atoms with Crippen LogP contribution in [-0.4, -0.2) is 11.2 Å². The number of rotatable bonds is 2. The minimum absolute atomic E-state index is 0.504. The van der Waals surface area contributed by atoms with Gasteiger partial charge in [0, 0.05) is 11.7 Å². The summed E-state index contributed by atoms with van der Waals surface area (Å²) in [7, 11) is 0. The lowest BCUT2D eigenvalue weighted by Gasteiger charge is -2.35. The van der Waals surface area contributed by atoms with Crippen LogP contribution < -0.4 is 10.6 Å². The summed E-state index contributed by atoms with van der Waals surface area (Å²) in [5.74, 6) is 1.46. The Morgan fingerprint density at radius 1 is 1.20 bits per heavy atom. The van der Waals surface area contributed by atoms with Crippen molar-refractivity contribution >= 4 is 23.0 Å².